The summed E-state index contributed by atoms with van der Waals surface area (Å²) >= 11 is 0. The number of methoxy groups -OCH3 is 1. The van der Waals surface area contributed by atoms with Crippen LogP contribution in [0.1, 0.15) is 39.8 Å². The van der Waals surface area contributed by atoms with Crippen molar-refractivity contribution >= 4 is 5.91 Å². The van der Waals surface area contributed by atoms with Crippen molar-refractivity contribution in [2.45, 2.75) is 33.7 Å². The summed E-state index contributed by atoms with van der Waals surface area (Å²) in [6, 6.07) is 8.04. The zero-order valence-electron chi connectivity index (χ0n) is 16.2. The highest BCUT2D eigenvalue weighted by molar-refractivity contribution is 5.95. The number of hydrogen-bond acceptors (Lipinski definition) is 3. The van der Waals surface area contributed by atoms with Crippen LogP contribution in [0.5, 0.6) is 5.75 Å². The van der Waals surface area contributed by atoms with Crippen molar-refractivity contribution in [1.82, 2.24) is 9.47 Å². The maximum Gasteiger partial charge on any atom is 0.270 e. The first-order valence-electron chi connectivity index (χ1n) is 9.25. The second kappa shape index (κ2) is 7.96. The number of hydrogen-bond donors (Lipinski definition) is 0. The fraction of sp³-hybridized carbons (Fsp3) is 0.476. The number of amides is 1. The molecule has 2 aromatic rings. The monoisotopic (exact) mass is 356 g/mol. The minimum atomic E-state index is 0.108. The van der Waals surface area contributed by atoms with E-state index in [0.717, 1.165) is 29.0 Å². The van der Waals surface area contributed by atoms with E-state index in [1.165, 1.54) is 11.3 Å². The van der Waals surface area contributed by atoms with Crippen LogP contribution in [0.25, 0.3) is 0 Å². The first kappa shape index (κ1) is 18.5. The van der Waals surface area contributed by atoms with Gasteiger partial charge in [-0.2, -0.15) is 0 Å². The summed E-state index contributed by atoms with van der Waals surface area (Å²) in [6.07, 6.45) is 0.923. The number of carbonyl (C=O) groups is 1. The third-order valence-electron chi connectivity index (χ3n) is 5.25. The van der Waals surface area contributed by atoms with Gasteiger partial charge in [0.2, 0.25) is 0 Å². The molecule has 2 heterocycles. The third-order valence-corrected chi connectivity index (χ3v) is 5.25. The Morgan fingerprint density at radius 2 is 1.96 bits per heavy atom. The molecule has 1 aromatic carbocycles. The van der Waals surface area contributed by atoms with Crippen molar-refractivity contribution in [3.63, 3.8) is 0 Å². The van der Waals surface area contributed by atoms with E-state index in [-0.39, 0.29) is 5.91 Å². The van der Waals surface area contributed by atoms with Gasteiger partial charge in [-0.3, -0.25) is 4.79 Å². The standard InChI is InChI=1S/C21H28N2O3/c1-5-19-15(2)20(21(24)22-9-11-26-12-10-22)23(16(19)3)14-17-7-6-8-18(13-17)25-4/h6-8,13H,5,9-12,14H2,1-4H3. The lowest BCUT2D eigenvalue weighted by Gasteiger charge is -2.27. The fourth-order valence-electron chi connectivity index (χ4n) is 3.81. The van der Waals surface area contributed by atoms with Crippen LogP contribution in [0.3, 0.4) is 0 Å². The van der Waals surface area contributed by atoms with Crippen LogP contribution >= 0.6 is 0 Å². The fourth-order valence-corrected chi connectivity index (χ4v) is 3.81. The van der Waals surface area contributed by atoms with E-state index in [1.54, 1.807) is 7.11 Å². The third kappa shape index (κ3) is 3.49. The molecule has 1 aromatic heterocycles. The largest absolute Gasteiger partial charge is 0.497 e. The summed E-state index contributed by atoms with van der Waals surface area (Å²) < 4.78 is 12.9. The Balaban J connectivity index is 2.01. The summed E-state index contributed by atoms with van der Waals surface area (Å²) in [5.41, 5.74) is 5.48. The van der Waals surface area contributed by atoms with Crippen LogP contribution in [-0.4, -0.2) is 48.8 Å². The maximum absolute atomic E-state index is 13.3. The van der Waals surface area contributed by atoms with Crippen molar-refractivity contribution in [2.24, 2.45) is 0 Å². The first-order valence-corrected chi connectivity index (χ1v) is 9.25. The molecule has 0 saturated carbocycles. The highest BCUT2D eigenvalue weighted by Gasteiger charge is 2.27. The molecule has 0 bridgehead atoms. The number of nitrogens with zero attached hydrogens (tertiary/aromatic N) is 2. The van der Waals surface area contributed by atoms with E-state index >= 15 is 0 Å². The predicted octanol–water partition coefficient (Wildman–Crippen LogP) is 3.20. The van der Waals surface area contributed by atoms with Gasteiger partial charge in [0, 0.05) is 25.3 Å². The lowest BCUT2D eigenvalue weighted by molar-refractivity contribution is 0.0295. The highest BCUT2D eigenvalue weighted by atomic mass is 16.5. The average molecular weight is 356 g/mol. The van der Waals surface area contributed by atoms with Crippen LogP contribution in [0.15, 0.2) is 24.3 Å². The molecule has 1 fully saturated rings. The summed E-state index contributed by atoms with van der Waals surface area (Å²) in [5.74, 6) is 0.942. The van der Waals surface area contributed by atoms with Gasteiger partial charge in [0.15, 0.2) is 0 Å². The Morgan fingerprint density at radius 1 is 1.23 bits per heavy atom. The highest BCUT2D eigenvalue weighted by Crippen LogP contribution is 2.26. The molecule has 0 spiro atoms. The molecule has 140 valence electrons. The van der Waals surface area contributed by atoms with Gasteiger partial charge >= 0.3 is 0 Å². The summed E-state index contributed by atoms with van der Waals surface area (Å²) in [7, 11) is 1.67. The second-order valence-corrected chi connectivity index (χ2v) is 6.73. The zero-order valence-corrected chi connectivity index (χ0v) is 16.2. The molecule has 5 heteroatoms. The summed E-state index contributed by atoms with van der Waals surface area (Å²) in [5, 5.41) is 0. The second-order valence-electron chi connectivity index (χ2n) is 6.73. The van der Waals surface area contributed by atoms with Crippen LogP contribution < -0.4 is 4.74 Å². The molecule has 3 rings (SSSR count). The van der Waals surface area contributed by atoms with E-state index in [4.69, 9.17) is 9.47 Å². The zero-order chi connectivity index (χ0) is 18.7. The van der Waals surface area contributed by atoms with E-state index in [9.17, 15) is 4.79 Å². The first-order chi connectivity index (χ1) is 12.6. The molecule has 0 N–H and O–H groups in total. The van der Waals surface area contributed by atoms with Crippen LogP contribution in [-0.2, 0) is 17.7 Å². The lowest BCUT2D eigenvalue weighted by Crippen LogP contribution is -2.41. The van der Waals surface area contributed by atoms with Gasteiger partial charge in [-0.05, 0) is 49.1 Å². The van der Waals surface area contributed by atoms with Gasteiger partial charge in [-0.1, -0.05) is 19.1 Å². The Morgan fingerprint density at radius 3 is 2.62 bits per heavy atom. The molecule has 0 atom stereocenters. The van der Waals surface area contributed by atoms with Crippen molar-refractivity contribution in [3.8, 4) is 5.75 Å². The molecule has 0 radical (unpaired) electrons. The Kier molecular flexibility index (Phi) is 5.67. The number of ether oxygens (including phenoxy) is 2. The molecule has 0 unspecified atom stereocenters. The van der Waals surface area contributed by atoms with Crippen molar-refractivity contribution in [2.75, 3.05) is 33.4 Å². The van der Waals surface area contributed by atoms with Crippen molar-refractivity contribution in [1.29, 1.82) is 0 Å². The van der Waals surface area contributed by atoms with Gasteiger partial charge in [-0.25, -0.2) is 0 Å². The number of morpholine rings is 1. The summed E-state index contributed by atoms with van der Waals surface area (Å²) in [4.78, 5) is 15.2. The lowest BCUT2D eigenvalue weighted by atomic mass is 10.1. The maximum atomic E-state index is 13.3. The van der Waals surface area contributed by atoms with Gasteiger partial charge in [0.05, 0.1) is 20.3 Å². The molecule has 0 aliphatic carbocycles. The van der Waals surface area contributed by atoms with Crippen LogP contribution in [0.4, 0.5) is 0 Å². The molecule has 1 saturated heterocycles. The van der Waals surface area contributed by atoms with E-state index < -0.39 is 0 Å². The molecule has 5 nitrogen and oxygen atoms in total. The molecule has 1 aliphatic heterocycles. The van der Waals surface area contributed by atoms with Crippen molar-refractivity contribution in [3.05, 3.63) is 52.3 Å². The van der Waals surface area contributed by atoms with Crippen LogP contribution in [0.2, 0.25) is 0 Å². The molecular formula is C21H28N2O3. The topological polar surface area (TPSA) is 43.7 Å². The number of carbonyl (C=O) groups excluding carboxylic acids is 1. The normalized spacial score (nSPS) is 14.5. The van der Waals surface area contributed by atoms with E-state index in [2.05, 4.69) is 31.4 Å². The number of benzene rings is 1. The van der Waals surface area contributed by atoms with Gasteiger partial charge in [0.25, 0.3) is 5.91 Å². The number of rotatable bonds is 5. The Bertz CT molecular complexity index is 789. The van der Waals surface area contributed by atoms with Gasteiger partial charge in [0.1, 0.15) is 11.4 Å². The SMILES string of the molecule is CCc1c(C)c(C(=O)N2CCOCC2)n(Cc2cccc(OC)c2)c1C. The predicted molar refractivity (Wildman–Crippen MR) is 102 cm³/mol. The summed E-state index contributed by atoms with van der Waals surface area (Å²) in [6.45, 7) is 9.53. The average Bonchev–Trinajstić information content (AvgIpc) is 2.91. The number of aromatic nitrogens is 1. The minimum absolute atomic E-state index is 0.108. The molecular weight excluding hydrogens is 328 g/mol. The molecule has 26 heavy (non-hydrogen) atoms. The van der Waals surface area contributed by atoms with Gasteiger partial charge < -0.3 is 18.9 Å². The van der Waals surface area contributed by atoms with Crippen LogP contribution in [0, 0.1) is 13.8 Å². The smallest absolute Gasteiger partial charge is 0.270 e. The minimum Gasteiger partial charge on any atom is -0.497 e. The van der Waals surface area contributed by atoms with Crippen molar-refractivity contribution < 1.29 is 14.3 Å². The Labute approximate surface area is 155 Å². The van der Waals surface area contributed by atoms with Gasteiger partial charge in [-0.15, -0.1) is 0 Å². The van der Waals surface area contributed by atoms with E-state index in [1.807, 2.05) is 23.1 Å². The Hall–Kier alpha value is -2.27. The molecule has 1 amide bonds. The van der Waals surface area contributed by atoms with E-state index in [0.29, 0.717) is 32.8 Å². The molecule has 1 aliphatic rings. The quantitative estimate of drug-likeness (QED) is 0.826.